The van der Waals surface area contributed by atoms with Crippen molar-refractivity contribution in [3.8, 4) is 0 Å². The highest BCUT2D eigenvalue weighted by Crippen LogP contribution is 2.25. The zero-order valence-corrected chi connectivity index (χ0v) is 12.1. The number of rotatable bonds is 4. The van der Waals surface area contributed by atoms with Crippen LogP contribution in [-0.4, -0.2) is 15.4 Å². The van der Waals surface area contributed by atoms with Gasteiger partial charge in [0.15, 0.2) is 0 Å². The highest BCUT2D eigenvalue weighted by molar-refractivity contribution is 6.03. The number of nitrogens with one attached hydrogen (secondary N) is 1. The third-order valence-corrected chi connectivity index (χ3v) is 3.33. The minimum atomic E-state index is -0.540. The van der Waals surface area contributed by atoms with Crippen molar-refractivity contribution < 1.29 is 19.2 Å². The molecule has 1 amide bonds. The molecule has 3 rings (SSSR count). The van der Waals surface area contributed by atoms with E-state index in [2.05, 4.69) is 5.32 Å². The lowest BCUT2D eigenvalue weighted by Crippen LogP contribution is -2.15. The summed E-state index contributed by atoms with van der Waals surface area (Å²) in [6.45, 7) is 0. The Morgan fingerprint density at radius 3 is 2.48 bits per heavy atom. The van der Waals surface area contributed by atoms with E-state index in [-0.39, 0.29) is 11.4 Å². The van der Waals surface area contributed by atoms with Gasteiger partial charge in [0.05, 0.1) is 11.1 Å². The lowest BCUT2D eigenvalue weighted by molar-refractivity contribution is -0.384. The fraction of sp³-hybridized carbons (Fsp3) is 0.133. The fourth-order valence-electron chi connectivity index (χ4n) is 2.19. The largest absolute Gasteiger partial charge is 0.455 e. The second kappa shape index (κ2) is 5.84. The van der Waals surface area contributed by atoms with Gasteiger partial charge in [0.1, 0.15) is 18.2 Å². The number of aromatic nitrogens is 1. The Balaban J connectivity index is 1.71. The zero-order chi connectivity index (χ0) is 16.4. The summed E-state index contributed by atoms with van der Waals surface area (Å²) >= 11 is 0. The molecule has 8 heteroatoms. The zero-order valence-electron chi connectivity index (χ0n) is 12.1. The predicted octanol–water partition coefficient (Wildman–Crippen LogP) is 2.70. The molecule has 1 aliphatic heterocycles. The molecule has 0 aliphatic carbocycles. The first-order chi connectivity index (χ1) is 11.0. The summed E-state index contributed by atoms with van der Waals surface area (Å²) in [6, 6.07) is 8.17. The number of hydrogen-bond acceptors (Lipinski definition) is 5. The molecule has 0 saturated heterocycles. The maximum absolute atomic E-state index is 12.2. The molecular weight excluding hydrogens is 302 g/mol. The van der Waals surface area contributed by atoms with Gasteiger partial charge < -0.3 is 19.4 Å². The third-order valence-electron chi connectivity index (χ3n) is 3.33. The molecule has 0 radical (unpaired) electrons. The van der Waals surface area contributed by atoms with Crippen LogP contribution in [0.3, 0.4) is 0 Å². The van der Waals surface area contributed by atoms with E-state index in [9.17, 15) is 14.9 Å². The maximum Gasteiger partial charge on any atom is 0.287 e. The molecule has 2 heterocycles. The van der Waals surface area contributed by atoms with Gasteiger partial charge in [-0.25, -0.2) is 0 Å². The van der Waals surface area contributed by atoms with Crippen molar-refractivity contribution in [2.45, 2.75) is 6.29 Å². The lowest BCUT2D eigenvalue weighted by atomic mass is 10.2. The van der Waals surface area contributed by atoms with Crippen LogP contribution in [0.15, 0.2) is 49.1 Å². The lowest BCUT2D eigenvalue weighted by Gasteiger charge is -2.11. The summed E-state index contributed by atoms with van der Waals surface area (Å²) in [5.41, 5.74) is 1.44. The number of benzene rings is 1. The van der Waals surface area contributed by atoms with E-state index in [1.807, 2.05) is 0 Å². The molecule has 0 atom stereocenters. The molecule has 0 bridgehead atoms. The smallest absolute Gasteiger partial charge is 0.287 e. The van der Waals surface area contributed by atoms with Gasteiger partial charge in [0, 0.05) is 24.4 Å². The number of carbonyl (C=O) groups excluding carboxylic acids is 1. The van der Waals surface area contributed by atoms with Gasteiger partial charge in [-0.2, -0.15) is 0 Å². The van der Waals surface area contributed by atoms with Crippen molar-refractivity contribution in [2.24, 2.45) is 7.05 Å². The van der Waals surface area contributed by atoms with E-state index in [0.29, 0.717) is 5.69 Å². The summed E-state index contributed by atoms with van der Waals surface area (Å²) < 4.78 is 11.8. The average Bonchev–Trinajstić information content (AvgIpc) is 3.17. The van der Waals surface area contributed by atoms with Crippen LogP contribution in [-0.2, 0) is 16.5 Å². The SMILES string of the molecule is Cn1cc([N+](=O)[O-])cc1C(=O)Nc1ccc(C2OC=CO2)cc1. The normalized spacial score (nSPS) is 13.4. The van der Waals surface area contributed by atoms with Crippen LogP contribution >= 0.6 is 0 Å². The van der Waals surface area contributed by atoms with Crippen molar-refractivity contribution in [1.82, 2.24) is 4.57 Å². The van der Waals surface area contributed by atoms with E-state index in [0.717, 1.165) is 5.56 Å². The van der Waals surface area contributed by atoms with Crippen LogP contribution in [0.1, 0.15) is 22.3 Å². The van der Waals surface area contributed by atoms with Gasteiger partial charge in [-0.05, 0) is 24.3 Å². The highest BCUT2D eigenvalue weighted by atomic mass is 16.7. The third kappa shape index (κ3) is 3.00. The van der Waals surface area contributed by atoms with E-state index < -0.39 is 17.1 Å². The van der Waals surface area contributed by atoms with Crippen molar-refractivity contribution in [3.05, 3.63) is 70.4 Å². The first kappa shape index (κ1) is 14.6. The summed E-state index contributed by atoms with van der Waals surface area (Å²) in [5.74, 6) is -0.427. The number of carbonyl (C=O) groups is 1. The Bertz CT molecular complexity index is 771. The second-order valence-corrected chi connectivity index (χ2v) is 4.90. The van der Waals surface area contributed by atoms with Gasteiger partial charge in [-0.15, -0.1) is 0 Å². The number of nitro groups is 1. The Morgan fingerprint density at radius 2 is 1.91 bits per heavy atom. The Morgan fingerprint density at radius 1 is 1.26 bits per heavy atom. The predicted molar refractivity (Wildman–Crippen MR) is 80.5 cm³/mol. The second-order valence-electron chi connectivity index (χ2n) is 4.90. The summed E-state index contributed by atoms with van der Waals surface area (Å²) in [7, 11) is 1.58. The first-order valence-corrected chi connectivity index (χ1v) is 6.72. The van der Waals surface area contributed by atoms with Gasteiger partial charge in [0.25, 0.3) is 17.9 Å². The minimum absolute atomic E-state index is 0.129. The summed E-state index contributed by atoms with van der Waals surface area (Å²) in [4.78, 5) is 22.4. The number of anilines is 1. The van der Waals surface area contributed by atoms with Crippen molar-refractivity contribution in [3.63, 3.8) is 0 Å². The molecule has 1 aliphatic rings. The summed E-state index contributed by atoms with van der Waals surface area (Å²) in [5, 5.41) is 13.4. The van der Waals surface area contributed by atoms with Crippen LogP contribution in [0.2, 0.25) is 0 Å². The number of ether oxygens (including phenoxy) is 2. The molecule has 1 N–H and O–H groups in total. The molecule has 118 valence electrons. The van der Waals surface area contributed by atoms with Gasteiger partial charge >= 0.3 is 0 Å². The molecule has 0 fully saturated rings. The number of hydrogen-bond donors (Lipinski definition) is 1. The number of amides is 1. The average molecular weight is 315 g/mol. The van der Waals surface area contributed by atoms with Crippen molar-refractivity contribution in [1.29, 1.82) is 0 Å². The van der Waals surface area contributed by atoms with E-state index in [1.165, 1.54) is 29.4 Å². The van der Waals surface area contributed by atoms with Gasteiger partial charge in [-0.3, -0.25) is 14.9 Å². The Hall–Kier alpha value is -3.29. The van der Waals surface area contributed by atoms with E-state index in [1.54, 1.807) is 31.3 Å². The minimum Gasteiger partial charge on any atom is -0.455 e. The van der Waals surface area contributed by atoms with Crippen LogP contribution < -0.4 is 5.32 Å². The van der Waals surface area contributed by atoms with E-state index >= 15 is 0 Å². The quantitative estimate of drug-likeness (QED) is 0.691. The molecule has 2 aromatic rings. The molecular formula is C15H13N3O5. The maximum atomic E-state index is 12.2. The monoisotopic (exact) mass is 315 g/mol. The highest BCUT2D eigenvalue weighted by Gasteiger charge is 2.18. The van der Waals surface area contributed by atoms with Crippen molar-refractivity contribution in [2.75, 3.05) is 5.32 Å². The molecule has 1 aromatic heterocycles. The molecule has 23 heavy (non-hydrogen) atoms. The molecule has 1 aromatic carbocycles. The van der Waals surface area contributed by atoms with Crippen LogP contribution in [0.4, 0.5) is 11.4 Å². The van der Waals surface area contributed by atoms with E-state index in [4.69, 9.17) is 9.47 Å². The molecule has 0 saturated carbocycles. The topological polar surface area (TPSA) is 95.6 Å². The Labute approximate surface area is 131 Å². The van der Waals surface area contributed by atoms with Gasteiger partial charge in [-0.1, -0.05) is 0 Å². The van der Waals surface area contributed by atoms with Crippen molar-refractivity contribution >= 4 is 17.3 Å². The summed E-state index contributed by atoms with van der Waals surface area (Å²) in [6.07, 6.45) is 3.74. The number of nitrogens with zero attached hydrogens (tertiary/aromatic N) is 2. The van der Waals surface area contributed by atoms with Crippen LogP contribution in [0.5, 0.6) is 0 Å². The molecule has 0 unspecified atom stereocenters. The standard InChI is InChI=1S/C15H13N3O5/c1-17-9-12(18(20)21)8-13(17)14(19)16-11-4-2-10(3-5-11)15-22-6-7-23-15/h2-9,15H,1H3,(H,16,19). The van der Waals surface area contributed by atoms with Crippen LogP contribution in [0.25, 0.3) is 0 Å². The molecule has 8 nitrogen and oxygen atoms in total. The van der Waals surface area contributed by atoms with Gasteiger partial charge in [0.2, 0.25) is 0 Å². The number of aryl methyl sites for hydroxylation is 1. The Kier molecular flexibility index (Phi) is 3.71. The fourth-order valence-corrected chi connectivity index (χ4v) is 2.19. The van der Waals surface area contributed by atoms with Crippen LogP contribution in [0, 0.1) is 10.1 Å². The molecule has 0 spiro atoms. The first-order valence-electron chi connectivity index (χ1n) is 6.72.